The van der Waals surface area contributed by atoms with Gasteiger partial charge >= 0.3 is 6.09 Å². The van der Waals surface area contributed by atoms with Gasteiger partial charge in [0.2, 0.25) is 5.78 Å². The molecule has 2 amide bonds. The maximum Gasteiger partial charge on any atom is 0.408 e. The molecule has 1 aromatic heterocycles. The third-order valence-corrected chi connectivity index (χ3v) is 5.06. The second-order valence-corrected chi connectivity index (χ2v) is 7.96. The number of ketones is 1. The van der Waals surface area contributed by atoms with Crippen LogP contribution in [0.15, 0.2) is 30.3 Å². The number of benzene rings is 1. The largest absolute Gasteiger partial charge is 0.436 e. The number of para-hydroxylation sites is 1. The number of hydrogen-bond acceptors (Lipinski definition) is 5. The van der Waals surface area contributed by atoms with E-state index in [0.717, 1.165) is 10.9 Å². The Morgan fingerprint density at radius 1 is 1.17 bits per heavy atom. The van der Waals surface area contributed by atoms with Crippen LogP contribution >= 0.6 is 0 Å². The van der Waals surface area contributed by atoms with Gasteiger partial charge in [-0.2, -0.15) is 0 Å². The van der Waals surface area contributed by atoms with Crippen molar-refractivity contribution in [1.82, 2.24) is 15.2 Å². The van der Waals surface area contributed by atoms with Gasteiger partial charge in [-0.3, -0.25) is 9.59 Å². The molecule has 0 spiro atoms. The molecule has 2 N–H and O–H groups in total. The first-order valence-corrected chi connectivity index (χ1v) is 10.3. The van der Waals surface area contributed by atoms with E-state index in [-0.39, 0.29) is 17.6 Å². The van der Waals surface area contributed by atoms with E-state index in [2.05, 4.69) is 10.3 Å². The van der Waals surface area contributed by atoms with Crippen LogP contribution in [-0.2, 0) is 14.3 Å². The Kier molecular flexibility index (Phi) is 7.10. The van der Waals surface area contributed by atoms with Crippen molar-refractivity contribution in [3.05, 3.63) is 36.0 Å². The highest BCUT2D eigenvalue weighted by atomic mass is 16.6. The lowest BCUT2D eigenvalue weighted by Gasteiger charge is -2.30. The minimum Gasteiger partial charge on any atom is -0.436 e. The number of aromatic nitrogens is 1. The predicted octanol–water partition coefficient (Wildman–Crippen LogP) is 2.74. The molecule has 1 aromatic carbocycles. The van der Waals surface area contributed by atoms with Gasteiger partial charge in [0.25, 0.3) is 5.91 Å². The Labute approximate surface area is 175 Å². The third-order valence-electron chi connectivity index (χ3n) is 5.06. The molecule has 0 radical (unpaired) electrons. The van der Waals surface area contributed by atoms with Gasteiger partial charge in [-0.1, -0.05) is 32.0 Å². The Hall–Kier alpha value is -2.87. The summed E-state index contributed by atoms with van der Waals surface area (Å²) in [5.74, 6) is -0.321. The van der Waals surface area contributed by atoms with Crippen molar-refractivity contribution in [1.29, 1.82) is 0 Å². The van der Waals surface area contributed by atoms with Gasteiger partial charge in [0, 0.05) is 24.0 Å². The van der Waals surface area contributed by atoms with Gasteiger partial charge in [-0.15, -0.1) is 0 Å². The zero-order valence-corrected chi connectivity index (χ0v) is 17.6. The normalized spacial score (nSPS) is 16.3. The number of Topliss-reactive ketones (excluding diaryl/α,β-unsaturated/α-hetero) is 1. The molecule has 1 saturated heterocycles. The molecule has 0 aliphatic carbocycles. The van der Waals surface area contributed by atoms with Gasteiger partial charge < -0.3 is 24.7 Å². The molecule has 8 nitrogen and oxygen atoms in total. The van der Waals surface area contributed by atoms with Gasteiger partial charge in [-0.25, -0.2) is 4.79 Å². The van der Waals surface area contributed by atoms with Crippen LogP contribution < -0.4 is 5.32 Å². The summed E-state index contributed by atoms with van der Waals surface area (Å²) in [6, 6.07) is 8.51. The van der Waals surface area contributed by atoms with Gasteiger partial charge in [0.1, 0.15) is 0 Å². The minimum absolute atomic E-state index is 0.165. The first kappa shape index (κ1) is 21.8. The Morgan fingerprint density at radius 3 is 2.53 bits per heavy atom. The second-order valence-electron chi connectivity index (χ2n) is 7.96. The highest BCUT2D eigenvalue weighted by molar-refractivity contribution is 6.03. The standard InChI is InChI=1S/C22H29N3O5/c1-14(2)12-19(21(27)25-8-10-29-11-9-25)30-22(28)23-15(3)20(26)18-13-16-6-4-5-7-17(16)24-18/h4-7,13-15,19,24H,8-12H2,1-3H3,(H,23,28)/t15-,19-/m0/s1. The van der Waals surface area contributed by atoms with Crippen LogP contribution in [0.3, 0.4) is 0 Å². The number of ether oxygens (including phenoxy) is 2. The summed E-state index contributed by atoms with van der Waals surface area (Å²) in [5, 5.41) is 3.48. The molecule has 3 rings (SSSR count). The van der Waals surface area contributed by atoms with Crippen LogP contribution in [0.25, 0.3) is 10.9 Å². The molecule has 1 fully saturated rings. The number of carbonyl (C=O) groups is 3. The van der Waals surface area contributed by atoms with Crippen molar-refractivity contribution >= 4 is 28.7 Å². The molecule has 1 aliphatic heterocycles. The van der Waals surface area contributed by atoms with E-state index in [0.29, 0.717) is 38.4 Å². The molecule has 162 valence electrons. The Morgan fingerprint density at radius 2 is 1.87 bits per heavy atom. The fourth-order valence-electron chi connectivity index (χ4n) is 3.46. The van der Waals surface area contributed by atoms with Crippen molar-refractivity contribution in [2.45, 2.75) is 39.3 Å². The number of aromatic amines is 1. The summed E-state index contributed by atoms with van der Waals surface area (Å²) in [7, 11) is 0. The summed E-state index contributed by atoms with van der Waals surface area (Å²) < 4.78 is 10.7. The highest BCUT2D eigenvalue weighted by Gasteiger charge is 2.30. The number of nitrogens with zero attached hydrogens (tertiary/aromatic N) is 1. The van der Waals surface area contributed by atoms with Crippen LogP contribution in [0.1, 0.15) is 37.7 Å². The van der Waals surface area contributed by atoms with E-state index >= 15 is 0 Å². The topological polar surface area (TPSA) is 101 Å². The van der Waals surface area contributed by atoms with E-state index < -0.39 is 18.2 Å². The molecule has 2 aromatic rings. The summed E-state index contributed by atoms with van der Waals surface area (Å²) >= 11 is 0. The van der Waals surface area contributed by atoms with Crippen molar-refractivity contribution in [2.24, 2.45) is 5.92 Å². The summed E-state index contributed by atoms with van der Waals surface area (Å²) in [6.45, 7) is 7.42. The van der Waals surface area contributed by atoms with Crippen molar-refractivity contribution in [2.75, 3.05) is 26.3 Å². The molecule has 30 heavy (non-hydrogen) atoms. The average Bonchev–Trinajstić information content (AvgIpc) is 3.16. The quantitative estimate of drug-likeness (QED) is 0.677. The molecule has 8 heteroatoms. The van der Waals surface area contributed by atoms with Crippen LogP contribution in [0.5, 0.6) is 0 Å². The summed E-state index contributed by atoms with van der Waals surface area (Å²) in [5.41, 5.74) is 1.26. The van der Waals surface area contributed by atoms with E-state index in [1.54, 1.807) is 17.9 Å². The van der Waals surface area contributed by atoms with Crippen molar-refractivity contribution in [3.8, 4) is 0 Å². The maximum absolute atomic E-state index is 12.8. The maximum atomic E-state index is 12.8. The van der Waals surface area contributed by atoms with Crippen LogP contribution in [-0.4, -0.2) is 66.1 Å². The Bertz CT molecular complexity index is 868. The van der Waals surface area contributed by atoms with Gasteiger partial charge in [0.15, 0.2) is 6.10 Å². The minimum atomic E-state index is -0.890. The van der Waals surface area contributed by atoms with E-state index in [1.807, 2.05) is 38.1 Å². The number of morpholine rings is 1. The SMILES string of the molecule is CC(C)C[C@H](OC(=O)N[C@@H](C)C(=O)c1cc2ccccc2[nH]1)C(=O)N1CCOCC1. The lowest BCUT2D eigenvalue weighted by molar-refractivity contribution is -0.145. The number of alkyl carbamates (subject to hydrolysis) is 1. The first-order chi connectivity index (χ1) is 14.3. The van der Waals surface area contributed by atoms with Crippen molar-refractivity contribution < 1.29 is 23.9 Å². The zero-order chi connectivity index (χ0) is 21.7. The first-order valence-electron chi connectivity index (χ1n) is 10.3. The number of carbonyl (C=O) groups excluding carboxylic acids is 3. The monoisotopic (exact) mass is 415 g/mol. The fraction of sp³-hybridized carbons (Fsp3) is 0.500. The number of fused-ring (bicyclic) bond motifs is 1. The number of nitrogens with one attached hydrogen (secondary N) is 2. The lowest BCUT2D eigenvalue weighted by Crippen LogP contribution is -2.49. The summed E-state index contributed by atoms with van der Waals surface area (Å²) in [4.78, 5) is 42.7. The van der Waals surface area contributed by atoms with E-state index in [1.165, 1.54) is 0 Å². The molecule has 0 unspecified atom stereocenters. The molecule has 2 atom stereocenters. The van der Waals surface area contributed by atoms with Gasteiger partial charge in [0.05, 0.1) is 24.9 Å². The third kappa shape index (κ3) is 5.38. The smallest absolute Gasteiger partial charge is 0.408 e. The fourth-order valence-corrected chi connectivity index (χ4v) is 3.46. The lowest BCUT2D eigenvalue weighted by atomic mass is 10.0. The molecular weight excluding hydrogens is 386 g/mol. The molecule has 0 bridgehead atoms. The van der Waals surface area contributed by atoms with Gasteiger partial charge in [-0.05, 0) is 31.4 Å². The predicted molar refractivity (Wildman–Crippen MR) is 112 cm³/mol. The molecule has 1 aliphatic rings. The zero-order valence-electron chi connectivity index (χ0n) is 17.6. The number of hydrogen-bond donors (Lipinski definition) is 2. The number of rotatable bonds is 7. The molecule has 2 heterocycles. The molecular formula is C22H29N3O5. The van der Waals surface area contributed by atoms with E-state index in [4.69, 9.17) is 9.47 Å². The molecule has 0 saturated carbocycles. The Balaban J connectivity index is 1.61. The average molecular weight is 415 g/mol. The summed E-state index contributed by atoms with van der Waals surface area (Å²) in [6.07, 6.45) is -1.26. The van der Waals surface area contributed by atoms with Crippen molar-refractivity contribution in [3.63, 3.8) is 0 Å². The second kappa shape index (κ2) is 9.75. The van der Waals surface area contributed by atoms with Crippen LogP contribution in [0, 0.1) is 5.92 Å². The number of H-pyrrole nitrogens is 1. The van der Waals surface area contributed by atoms with Crippen LogP contribution in [0.4, 0.5) is 4.79 Å². The van der Waals surface area contributed by atoms with Crippen LogP contribution in [0.2, 0.25) is 0 Å². The van der Waals surface area contributed by atoms with E-state index in [9.17, 15) is 14.4 Å². The highest BCUT2D eigenvalue weighted by Crippen LogP contribution is 2.16. The number of amides is 2.